The molecule has 0 saturated carbocycles. The summed E-state index contributed by atoms with van der Waals surface area (Å²) in [5.74, 6) is 0.954. The normalized spacial score (nSPS) is 12.5. The third-order valence-electron chi connectivity index (χ3n) is 2.72. The van der Waals surface area contributed by atoms with Crippen molar-refractivity contribution >= 4 is 21.9 Å². The average Bonchev–Trinajstić information content (AvgIpc) is 3.06. The number of esters is 1. The molecule has 0 unspecified atom stereocenters. The molecule has 0 spiro atoms. The van der Waals surface area contributed by atoms with Crippen molar-refractivity contribution in [3.05, 3.63) is 46.2 Å². The van der Waals surface area contributed by atoms with E-state index in [2.05, 4.69) is 20.9 Å². The first kappa shape index (κ1) is 12.1. The fraction of sp³-hybridized carbons (Fsp3) is 0.154. The minimum Gasteiger partial charge on any atom is -0.456 e. The Kier molecular flexibility index (Phi) is 3.16. The third-order valence-corrected chi connectivity index (χ3v) is 3.46. The van der Waals surface area contributed by atoms with E-state index in [0.717, 1.165) is 10.0 Å². The first-order chi connectivity index (χ1) is 9.24. The summed E-state index contributed by atoms with van der Waals surface area (Å²) in [6.07, 6.45) is 1.67. The second-order valence-corrected chi connectivity index (χ2v) is 4.81. The highest BCUT2D eigenvalue weighted by molar-refractivity contribution is 9.10. The summed E-state index contributed by atoms with van der Waals surface area (Å²) in [5.41, 5.74) is 1.25. The molecular formula is C13H10BrNO4. The van der Waals surface area contributed by atoms with Crippen LogP contribution in [0, 0.1) is 0 Å². The lowest BCUT2D eigenvalue weighted by Crippen LogP contribution is -2.05. The Morgan fingerprint density at radius 1 is 1.37 bits per heavy atom. The zero-order valence-electron chi connectivity index (χ0n) is 9.81. The van der Waals surface area contributed by atoms with Gasteiger partial charge in [0.25, 0.3) is 0 Å². The van der Waals surface area contributed by atoms with Gasteiger partial charge in [0, 0.05) is 16.2 Å². The van der Waals surface area contributed by atoms with Crippen molar-refractivity contribution < 1.29 is 19.0 Å². The molecule has 6 heteroatoms. The molecule has 2 heterocycles. The summed E-state index contributed by atoms with van der Waals surface area (Å²) in [6.45, 7) is 0.378. The first-order valence-corrected chi connectivity index (χ1v) is 6.42. The summed E-state index contributed by atoms with van der Waals surface area (Å²) >= 11 is 3.41. The summed E-state index contributed by atoms with van der Waals surface area (Å²) in [6, 6.07) is 7.01. The number of halogens is 1. The van der Waals surface area contributed by atoms with Gasteiger partial charge in [-0.15, -0.1) is 0 Å². The van der Waals surface area contributed by atoms with Crippen molar-refractivity contribution in [3.63, 3.8) is 0 Å². The molecule has 0 fully saturated rings. The quantitative estimate of drug-likeness (QED) is 0.882. The SMILES string of the molecule is O=C(OCc1cc2c(cc1Br)OCO2)c1ccc[nH]1. The van der Waals surface area contributed by atoms with Crippen molar-refractivity contribution in [1.29, 1.82) is 0 Å². The fourth-order valence-electron chi connectivity index (χ4n) is 1.75. The van der Waals surface area contributed by atoms with E-state index in [9.17, 15) is 4.79 Å². The minimum atomic E-state index is -0.394. The Morgan fingerprint density at radius 3 is 2.89 bits per heavy atom. The lowest BCUT2D eigenvalue weighted by molar-refractivity contribution is 0.0465. The second-order valence-electron chi connectivity index (χ2n) is 3.96. The lowest BCUT2D eigenvalue weighted by atomic mass is 10.2. The minimum absolute atomic E-state index is 0.162. The van der Waals surface area contributed by atoms with Crippen LogP contribution in [0.1, 0.15) is 16.1 Å². The highest BCUT2D eigenvalue weighted by Crippen LogP contribution is 2.37. The van der Waals surface area contributed by atoms with Gasteiger partial charge >= 0.3 is 5.97 Å². The van der Waals surface area contributed by atoms with Gasteiger partial charge in [0.05, 0.1) is 0 Å². The van der Waals surface area contributed by atoms with Crippen LogP contribution in [0.5, 0.6) is 11.5 Å². The second kappa shape index (κ2) is 4.97. The maximum Gasteiger partial charge on any atom is 0.355 e. The fourth-order valence-corrected chi connectivity index (χ4v) is 2.19. The monoisotopic (exact) mass is 323 g/mol. The molecule has 3 rings (SSSR count). The van der Waals surface area contributed by atoms with Gasteiger partial charge in [-0.05, 0) is 24.3 Å². The number of benzene rings is 1. The van der Waals surface area contributed by atoms with Gasteiger partial charge in [-0.3, -0.25) is 0 Å². The molecule has 0 radical (unpaired) electrons. The number of aromatic nitrogens is 1. The van der Waals surface area contributed by atoms with Crippen molar-refractivity contribution in [2.75, 3.05) is 6.79 Å². The smallest absolute Gasteiger partial charge is 0.355 e. The summed E-state index contributed by atoms with van der Waals surface area (Å²) in [7, 11) is 0. The van der Waals surface area contributed by atoms with E-state index in [1.165, 1.54) is 0 Å². The van der Waals surface area contributed by atoms with E-state index in [1.807, 2.05) is 0 Å². The van der Waals surface area contributed by atoms with Crippen LogP contribution in [0.3, 0.4) is 0 Å². The van der Waals surface area contributed by atoms with E-state index in [0.29, 0.717) is 17.2 Å². The van der Waals surface area contributed by atoms with Crippen LogP contribution in [0.4, 0.5) is 0 Å². The van der Waals surface area contributed by atoms with Crippen LogP contribution in [0.25, 0.3) is 0 Å². The van der Waals surface area contributed by atoms with E-state index >= 15 is 0 Å². The maximum absolute atomic E-state index is 11.7. The molecule has 2 aromatic rings. The number of carbonyl (C=O) groups is 1. The number of carbonyl (C=O) groups excluding carboxylic acids is 1. The van der Waals surface area contributed by atoms with Gasteiger partial charge in [-0.25, -0.2) is 4.79 Å². The molecular weight excluding hydrogens is 314 g/mol. The van der Waals surface area contributed by atoms with Crippen LogP contribution < -0.4 is 9.47 Å². The standard InChI is InChI=1S/C13H10BrNO4/c14-9-5-12-11(18-7-19-12)4-8(9)6-17-13(16)10-2-1-3-15-10/h1-5,15H,6-7H2. The van der Waals surface area contributed by atoms with Crippen LogP contribution in [0.15, 0.2) is 34.9 Å². The Labute approximate surface area is 117 Å². The lowest BCUT2D eigenvalue weighted by Gasteiger charge is -2.07. The molecule has 1 aliphatic rings. The largest absolute Gasteiger partial charge is 0.456 e. The molecule has 5 nitrogen and oxygen atoms in total. The molecule has 0 atom stereocenters. The van der Waals surface area contributed by atoms with Gasteiger partial charge in [-0.2, -0.15) is 0 Å². The van der Waals surface area contributed by atoms with E-state index in [1.54, 1.807) is 30.5 Å². The van der Waals surface area contributed by atoms with Crippen molar-refractivity contribution in [2.24, 2.45) is 0 Å². The Balaban J connectivity index is 1.72. The Morgan fingerprint density at radius 2 is 2.16 bits per heavy atom. The molecule has 19 heavy (non-hydrogen) atoms. The summed E-state index contributed by atoms with van der Waals surface area (Å²) in [5, 5.41) is 0. The number of rotatable bonds is 3. The number of fused-ring (bicyclic) bond motifs is 1. The van der Waals surface area contributed by atoms with Crippen LogP contribution in [-0.4, -0.2) is 17.7 Å². The molecule has 0 saturated heterocycles. The van der Waals surface area contributed by atoms with Gasteiger partial charge in [0.1, 0.15) is 12.3 Å². The molecule has 1 aliphatic heterocycles. The first-order valence-electron chi connectivity index (χ1n) is 5.62. The molecule has 0 amide bonds. The average molecular weight is 324 g/mol. The highest BCUT2D eigenvalue weighted by Gasteiger charge is 2.17. The van der Waals surface area contributed by atoms with Crippen LogP contribution in [-0.2, 0) is 11.3 Å². The Bertz CT molecular complexity index is 609. The van der Waals surface area contributed by atoms with E-state index in [-0.39, 0.29) is 13.4 Å². The van der Waals surface area contributed by atoms with Gasteiger partial charge in [0.15, 0.2) is 11.5 Å². The van der Waals surface area contributed by atoms with Crippen LogP contribution >= 0.6 is 15.9 Å². The van der Waals surface area contributed by atoms with Gasteiger partial charge in [0.2, 0.25) is 6.79 Å². The molecule has 1 aromatic carbocycles. The number of H-pyrrole nitrogens is 1. The van der Waals surface area contributed by atoms with Crippen molar-refractivity contribution in [1.82, 2.24) is 4.98 Å². The number of aromatic amines is 1. The molecule has 0 bridgehead atoms. The van der Waals surface area contributed by atoms with Crippen LogP contribution in [0.2, 0.25) is 0 Å². The molecule has 1 aromatic heterocycles. The van der Waals surface area contributed by atoms with Gasteiger partial charge in [-0.1, -0.05) is 15.9 Å². The molecule has 0 aliphatic carbocycles. The summed E-state index contributed by atoms with van der Waals surface area (Å²) in [4.78, 5) is 14.5. The number of hydrogen-bond acceptors (Lipinski definition) is 4. The zero-order chi connectivity index (χ0) is 13.2. The number of ether oxygens (including phenoxy) is 3. The molecule has 1 N–H and O–H groups in total. The number of nitrogens with one attached hydrogen (secondary N) is 1. The van der Waals surface area contributed by atoms with Crippen molar-refractivity contribution in [2.45, 2.75) is 6.61 Å². The van der Waals surface area contributed by atoms with Gasteiger partial charge < -0.3 is 19.2 Å². The predicted molar refractivity (Wildman–Crippen MR) is 70.2 cm³/mol. The topological polar surface area (TPSA) is 60.6 Å². The number of hydrogen-bond donors (Lipinski definition) is 1. The van der Waals surface area contributed by atoms with E-state index in [4.69, 9.17) is 14.2 Å². The van der Waals surface area contributed by atoms with E-state index < -0.39 is 5.97 Å². The maximum atomic E-state index is 11.7. The highest BCUT2D eigenvalue weighted by atomic mass is 79.9. The van der Waals surface area contributed by atoms with Crippen molar-refractivity contribution in [3.8, 4) is 11.5 Å². The predicted octanol–water partition coefficient (Wildman–Crippen LogP) is 2.86. The summed E-state index contributed by atoms with van der Waals surface area (Å²) < 4.78 is 16.6. The third kappa shape index (κ3) is 2.44. The Hall–Kier alpha value is -1.95. The zero-order valence-corrected chi connectivity index (χ0v) is 11.4. The molecule has 98 valence electrons.